The van der Waals surface area contributed by atoms with Crippen molar-refractivity contribution in [3.05, 3.63) is 52.2 Å². The van der Waals surface area contributed by atoms with Gasteiger partial charge in [-0.2, -0.15) is 13.2 Å². The summed E-state index contributed by atoms with van der Waals surface area (Å²) in [4.78, 5) is 27.8. The zero-order valence-corrected chi connectivity index (χ0v) is 15.7. The molecule has 0 bridgehead atoms. The van der Waals surface area contributed by atoms with Crippen LogP contribution < -0.4 is 15.4 Å². The number of nitrogens with one attached hydrogen (secondary N) is 2. The summed E-state index contributed by atoms with van der Waals surface area (Å²) in [5.74, 6) is -1.54. The number of amides is 2. The van der Waals surface area contributed by atoms with E-state index in [0.29, 0.717) is 5.69 Å². The molecule has 2 aromatic rings. The third kappa shape index (κ3) is 6.12. The highest BCUT2D eigenvalue weighted by Crippen LogP contribution is 2.25. The molecular formula is C18H17ClF3N3O3. The number of hydrogen-bond acceptors (Lipinski definition) is 4. The van der Waals surface area contributed by atoms with E-state index in [1.165, 1.54) is 0 Å². The Morgan fingerprint density at radius 2 is 1.86 bits per heavy atom. The first-order valence-corrected chi connectivity index (χ1v) is 8.44. The van der Waals surface area contributed by atoms with Gasteiger partial charge in [-0.15, -0.1) is 0 Å². The van der Waals surface area contributed by atoms with Crippen molar-refractivity contribution in [2.24, 2.45) is 0 Å². The van der Waals surface area contributed by atoms with Crippen molar-refractivity contribution >= 4 is 29.1 Å². The van der Waals surface area contributed by atoms with E-state index in [-0.39, 0.29) is 17.1 Å². The van der Waals surface area contributed by atoms with Gasteiger partial charge in [0.05, 0.1) is 12.1 Å². The summed E-state index contributed by atoms with van der Waals surface area (Å²) in [5, 5.41) is 4.85. The molecule has 0 radical (unpaired) electrons. The van der Waals surface area contributed by atoms with Gasteiger partial charge in [0, 0.05) is 11.9 Å². The lowest BCUT2D eigenvalue weighted by atomic mass is 10.1. The summed E-state index contributed by atoms with van der Waals surface area (Å²) in [6.07, 6.45) is -3.53. The minimum Gasteiger partial charge on any atom is -0.467 e. The van der Waals surface area contributed by atoms with E-state index in [4.69, 9.17) is 11.6 Å². The Hall–Kier alpha value is -2.81. The fourth-order valence-electron chi connectivity index (χ4n) is 2.26. The highest BCUT2D eigenvalue weighted by Gasteiger charge is 2.29. The number of benzene rings is 1. The Morgan fingerprint density at radius 3 is 2.43 bits per heavy atom. The van der Waals surface area contributed by atoms with Crippen LogP contribution in [0.4, 0.5) is 18.9 Å². The maximum Gasteiger partial charge on any atom is 0.422 e. The number of para-hydroxylation sites is 1. The monoisotopic (exact) mass is 415 g/mol. The van der Waals surface area contributed by atoms with Crippen molar-refractivity contribution < 1.29 is 27.5 Å². The molecule has 10 heteroatoms. The summed E-state index contributed by atoms with van der Waals surface area (Å²) in [6.45, 7) is 1.83. The van der Waals surface area contributed by atoms with Gasteiger partial charge in [0.2, 0.25) is 11.8 Å². The van der Waals surface area contributed by atoms with Crippen LogP contribution in [0.5, 0.6) is 5.88 Å². The van der Waals surface area contributed by atoms with Gasteiger partial charge in [-0.05, 0) is 31.0 Å². The van der Waals surface area contributed by atoms with Crippen LogP contribution in [0.1, 0.15) is 21.5 Å². The number of anilines is 1. The number of carbonyl (C=O) groups is 2. The number of hydrogen-bond donors (Lipinski definition) is 2. The molecule has 0 atom stereocenters. The second kappa shape index (κ2) is 8.92. The molecule has 0 spiro atoms. The Balaban J connectivity index is 1.94. The van der Waals surface area contributed by atoms with E-state index in [2.05, 4.69) is 20.4 Å². The second-order valence-corrected chi connectivity index (χ2v) is 6.32. The van der Waals surface area contributed by atoms with Crippen LogP contribution in [0.15, 0.2) is 30.5 Å². The maximum absolute atomic E-state index is 12.2. The minimum atomic E-state index is -4.54. The zero-order chi connectivity index (χ0) is 20.9. The fraction of sp³-hybridized carbons (Fsp3) is 0.278. The zero-order valence-electron chi connectivity index (χ0n) is 15.0. The van der Waals surface area contributed by atoms with E-state index in [9.17, 15) is 22.8 Å². The van der Waals surface area contributed by atoms with Crippen LogP contribution in [0, 0.1) is 13.8 Å². The van der Waals surface area contributed by atoms with Crippen molar-refractivity contribution in [3.8, 4) is 5.88 Å². The number of pyridine rings is 1. The van der Waals surface area contributed by atoms with Crippen LogP contribution in [-0.2, 0) is 4.79 Å². The van der Waals surface area contributed by atoms with Gasteiger partial charge in [-0.1, -0.05) is 29.8 Å². The third-order valence-electron chi connectivity index (χ3n) is 3.60. The van der Waals surface area contributed by atoms with E-state index in [0.717, 1.165) is 23.4 Å². The molecule has 2 N–H and O–H groups in total. The average Bonchev–Trinajstić information content (AvgIpc) is 2.61. The number of aromatic nitrogens is 1. The van der Waals surface area contributed by atoms with E-state index in [1.807, 2.05) is 32.0 Å². The number of aryl methyl sites for hydroxylation is 2. The molecule has 1 heterocycles. The van der Waals surface area contributed by atoms with E-state index < -0.39 is 30.5 Å². The highest BCUT2D eigenvalue weighted by molar-refractivity contribution is 6.32. The summed E-state index contributed by atoms with van der Waals surface area (Å²) in [5.41, 5.74) is 2.40. The molecule has 28 heavy (non-hydrogen) atoms. The van der Waals surface area contributed by atoms with Crippen molar-refractivity contribution in [1.29, 1.82) is 0 Å². The van der Waals surface area contributed by atoms with Crippen LogP contribution in [0.3, 0.4) is 0 Å². The normalized spacial score (nSPS) is 11.1. The van der Waals surface area contributed by atoms with Gasteiger partial charge in [0.25, 0.3) is 5.91 Å². The minimum absolute atomic E-state index is 0.0239. The summed E-state index contributed by atoms with van der Waals surface area (Å²) < 4.78 is 41.0. The van der Waals surface area contributed by atoms with Gasteiger partial charge >= 0.3 is 6.18 Å². The molecule has 2 amide bonds. The molecular weight excluding hydrogens is 399 g/mol. The maximum atomic E-state index is 12.2. The number of nitrogens with zero attached hydrogens (tertiary/aromatic N) is 1. The molecule has 0 aliphatic heterocycles. The standard InChI is InChI=1S/C18H17ClF3N3O3/c1-10-4-3-5-11(2)15(10)25-14(26)8-23-16(27)12-6-13(19)17(24-7-12)28-9-18(20,21)22/h3-7H,8-9H2,1-2H3,(H,23,27)(H,25,26). The first kappa shape index (κ1) is 21.5. The summed E-state index contributed by atoms with van der Waals surface area (Å²) >= 11 is 5.79. The topological polar surface area (TPSA) is 80.3 Å². The number of rotatable bonds is 6. The third-order valence-corrected chi connectivity index (χ3v) is 3.87. The number of ether oxygens (including phenoxy) is 1. The van der Waals surface area contributed by atoms with Gasteiger partial charge in [-0.25, -0.2) is 4.98 Å². The first-order chi connectivity index (χ1) is 13.1. The molecule has 2 rings (SSSR count). The Morgan fingerprint density at radius 1 is 1.21 bits per heavy atom. The van der Waals surface area contributed by atoms with Crippen molar-refractivity contribution in [2.75, 3.05) is 18.5 Å². The lowest BCUT2D eigenvalue weighted by molar-refractivity contribution is -0.154. The Labute approximate surface area is 164 Å². The van der Waals surface area contributed by atoms with Gasteiger partial charge in [-0.3, -0.25) is 9.59 Å². The molecule has 0 aliphatic carbocycles. The molecule has 0 saturated carbocycles. The predicted octanol–water partition coefficient (Wildman–Crippen LogP) is 3.66. The molecule has 1 aromatic heterocycles. The average molecular weight is 416 g/mol. The highest BCUT2D eigenvalue weighted by atomic mass is 35.5. The van der Waals surface area contributed by atoms with Gasteiger partial charge in [0.1, 0.15) is 5.02 Å². The molecule has 0 saturated heterocycles. The fourth-order valence-corrected chi connectivity index (χ4v) is 2.48. The number of carbonyl (C=O) groups excluding carboxylic acids is 2. The van der Waals surface area contributed by atoms with Crippen LogP contribution >= 0.6 is 11.6 Å². The summed E-state index contributed by atoms with van der Waals surface area (Å²) in [6, 6.07) is 6.66. The van der Waals surface area contributed by atoms with Crippen LogP contribution in [0.2, 0.25) is 5.02 Å². The van der Waals surface area contributed by atoms with E-state index in [1.54, 1.807) is 0 Å². The van der Waals surface area contributed by atoms with Gasteiger partial charge in [0.15, 0.2) is 6.61 Å². The Bertz CT molecular complexity index is 868. The Kier molecular flexibility index (Phi) is 6.85. The number of alkyl halides is 3. The largest absolute Gasteiger partial charge is 0.467 e. The first-order valence-electron chi connectivity index (χ1n) is 8.06. The smallest absolute Gasteiger partial charge is 0.422 e. The van der Waals surface area contributed by atoms with Crippen LogP contribution in [-0.4, -0.2) is 36.1 Å². The van der Waals surface area contributed by atoms with Gasteiger partial charge < -0.3 is 15.4 Å². The van der Waals surface area contributed by atoms with Crippen molar-refractivity contribution in [3.63, 3.8) is 0 Å². The van der Waals surface area contributed by atoms with Crippen molar-refractivity contribution in [2.45, 2.75) is 20.0 Å². The quantitative estimate of drug-likeness (QED) is 0.754. The molecule has 0 unspecified atom stereocenters. The predicted molar refractivity (Wildman–Crippen MR) is 97.7 cm³/mol. The van der Waals surface area contributed by atoms with E-state index >= 15 is 0 Å². The molecule has 150 valence electrons. The van der Waals surface area contributed by atoms with Crippen molar-refractivity contribution in [1.82, 2.24) is 10.3 Å². The lowest BCUT2D eigenvalue weighted by Crippen LogP contribution is -2.33. The number of halogens is 4. The molecule has 0 aliphatic rings. The molecule has 6 nitrogen and oxygen atoms in total. The lowest BCUT2D eigenvalue weighted by Gasteiger charge is -2.12. The molecule has 1 aromatic carbocycles. The summed E-state index contributed by atoms with van der Waals surface area (Å²) in [7, 11) is 0. The second-order valence-electron chi connectivity index (χ2n) is 5.91. The van der Waals surface area contributed by atoms with Crippen LogP contribution in [0.25, 0.3) is 0 Å². The SMILES string of the molecule is Cc1cccc(C)c1NC(=O)CNC(=O)c1cnc(OCC(F)(F)F)c(Cl)c1. The molecule has 0 fully saturated rings.